The van der Waals surface area contributed by atoms with Gasteiger partial charge in [0, 0.05) is 0 Å². The van der Waals surface area contributed by atoms with E-state index in [4.69, 9.17) is 38.9 Å². The quantitative estimate of drug-likeness (QED) is 0.182. The maximum absolute atomic E-state index is 12.5. The Labute approximate surface area is 235 Å². The Morgan fingerprint density at radius 3 is 1.82 bits per heavy atom. The van der Waals surface area contributed by atoms with E-state index in [0.29, 0.717) is 18.4 Å². The third-order valence-electron chi connectivity index (χ3n) is 5.66. The lowest BCUT2D eigenvalue weighted by Gasteiger charge is -2.24. The van der Waals surface area contributed by atoms with Gasteiger partial charge in [0.15, 0.2) is 11.5 Å². The summed E-state index contributed by atoms with van der Waals surface area (Å²) in [5.74, 6) is -0.973. The van der Waals surface area contributed by atoms with Crippen LogP contribution in [0.15, 0.2) is 18.2 Å². The van der Waals surface area contributed by atoms with Crippen molar-refractivity contribution in [2.45, 2.75) is 111 Å². The van der Waals surface area contributed by atoms with Crippen LogP contribution >= 0.6 is 0 Å². The number of hydrogen-bond donors (Lipinski definition) is 1. The van der Waals surface area contributed by atoms with Gasteiger partial charge in [-0.2, -0.15) is 0 Å². The predicted octanol–water partition coefficient (Wildman–Crippen LogP) is 5.46. The van der Waals surface area contributed by atoms with Crippen LogP contribution in [0.3, 0.4) is 0 Å². The summed E-state index contributed by atoms with van der Waals surface area (Å²) in [5, 5.41) is 0. The number of hydrogen-bond acceptors (Lipinski definition) is 12. The lowest BCUT2D eigenvalue weighted by Crippen LogP contribution is -2.37. The number of esters is 1. The van der Waals surface area contributed by atoms with Crippen molar-refractivity contribution in [3.8, 4) is 11.5 Å². The normalized spacial score (nSPS) is 13.1. The van der Waals surface area contributed by atoms with Crippen molar-refractivity contribution in [1.29, 1.82) is 0 Å². The van der Waals surface area contributed by atoms with Crippen LogP contribution in [0, 0.1) is 0 Å². The Bertz CT molecular complexity index is 1020. The minimum Gasteiger partial charge on any atom is -0.458 e. The molecular weight excluding hydrogens is 526 g/mol. The zero-order valence-electron chi connectivity index (χ0n) is 24.9. The number of nitrogens with two attached hydrogens (primary N) is 1. The molecule has 0 aliphatic rings. The molecule has 0 unspecified atom stereocenters. The molecule has 0 spiro atoms. The number of benzene rings is 1. The van der Waals surface area contributed by atoms with Gasteiger partial charge in [-0.3, -0.25) is 4.79 Å². The van der Waals surface area contributed by atoms with Crippen LogP contribution in [0.2, 0.25) is 0 Å². The molecular formula is C28H43NO11. The van der Waals surface area contributed by atoms with E-state index in [2.05, 4.69) is 0 Å². The highest BCUT2D eigenvalue weighted by Gasteiger charge is 2.27. The van der Waals surface area contributed by atoms with Gasteiger partial charge in [-0.15, -0.1) is 0 Å². The van der Waals surface area contributed by atoms with Crippen molar-refractivity contribution >= 4 is 24.4 Å². The average molecular weight is 570 g/mol. The van der Waals surface area contributed by atoms with Gasteiger partial charge in [0.1, 0.15) is 30.0 Å². The predicted molar refractivity (Wildman–Crippen MR) is 144 cm³/mol. The van der Waals surface area contributed by atoms with Gasteiger partial charge in [-0.25, -0.2) is 14.4 Å². The van der Waals surface area contributed by atoms with Crippen molar-refractivity contribution in [2.75, 3.05) is 6.61 Å². The van der Waals surface area contributed by atoms with E-state index in [0.717, 1.165) is 0 Å². The molecule has 0 bridgehead atoms. The van der Waals surface area contributed by atoms with Crippen molar-refractivity contribution in [1.82, 2.24) is 0 Å². The molecule has 2 atom stereocenters. The first kappa shape index (κ1) is 34.5. The minimum atomic E-state index is -1.11. The van der Waals surface area contributed by atoms with E-state index in [1.54, 1.807) is 47.6 Å². The number of carbonyl (C=O) groups excluding carboxylic acids is 4. The highest BCUT2D eigenvalue weighted by atomic mass is 16.8. The maximum Gasteiger partial charge on any atom is 0.514 e. The zero-order valence-corrected chi connectivity index (χ0v) is 24.9. The second-order valence-corrected chi connectivity index (χ2v) is 10.7. The van der Waals surface area contributed by atoms with Crippen molar-refractivity contribution < 1.29 is 52.3 Å². The molecule has 226 valence electrons. The second-order valence-electron chi connectivity index (χ2n) is 10.7. The first-order valence-corrected chi connectivity index (χ1v) is 13.2. The van der Waals surface area contributed by atoms with Crippen LogP contribution in [0.4, 0.5) is 14.4 Å². The van der Waals surface area contributed by atoms with Crippen molar-refractivity contribution in [3.63, 3.8) is 0 Å². The van der Waals surface area contributed by atoms with Crippen LogP contribution < -0.4 is 15.2 Å². The molecule has 0 saturated carbocycles. The van der Waals surface area contributed by atoms with Crippen molar-refractivity contribution in [2.24, 2.45) is 5.73 Å². The van der Waals surface area contributed by atoms with Crippen LogP contribution in [0.25, 0.3) is 0 Å². The largest absolute Gasteiger partial charge is 0.514 e. The molecule has 0 aliphatic carbocycles. The van der Waals surface area contributed by atoms with E-state index in [9.17, 15) is 19.2 Å². The fourth-order valence-corrected chi connectivity index (χ4v) is 2.73. The molecule has 12 heteroatoms. The summed E-state index contributed by atoms with van der Waals surface area (Å²) in [6.45, 7) is 15.3. The Kier molecular flexibility index (Phi) is 13.2. The summed E-state index contributed by atoms with van der Waals surface area (Å²) in [6.07, 6.45) is -2.93. The first-order chi connectivity index (χ1) is 18.5. The van der Waals surface area contributed by atoms with Crippen LogP contribution in [-0.2, 0) is 34.9 Å². The molecule has 40 heavy (non-hydrogen) atoms. The zero-order chi connectivity index (χ0) is 30.7. The lowest BCUT2D eigenvalue weighted by atomic mass is 10.1. The molecule has 12 nitrogen and oxygen atoms in total. The maximum atomic E-state index is 12.5. The fraction of sp³-hybridized carbons (Fsp3) is 0.643. The van der Waals surface area contributed by atoms with E-state index < -0.39 is 47.8 Å². The monoisotopic (exact) mass is 569 g/mol. The van der Waals surface area contributed by atoms with E-state index in [1.165, 1.54) is 19.1 Å². The summed E-state index contributed by atoms with van der Waals surface area (Å²) in [6, 6.07) is 3.22. The average Bonchev–Trinajstić information content (AvgIpc) is 2.83. The van der Waals surface area contributed by atoms with Crippen LogP contribution in [0.1, 0.15) is 80.7 Å². The molecule has 1 aromatic rings. The van der Waals surface area contributed by atoms with Gasteiger partial charge in [-0.1, -0.05) is 19.9 Å². The topological polar surface area (TPSA) is 159 Å². The number of rotatable bonds is 13. The summed E-state index contributed by atoms with van der Waals surface area (Å²) >= 11 is 0. The Morgan fingerprint density at radius 1 is 0.800 bits per heavy atom. The van der Waals surface area contributed by atoms with Gasteiger partial charge in [0.05, 0.1) is 6.10 Å². The standard InChI is InChI=1S/C28H43NO11/c1-10-27(6,7)39-25(32)37-21-13-12-19(15-22(21)38-26(33)40-28(8,9)11-2)14-20(29)23(30)36-18(5)16-34-24(31)35-17(3)4/h12-13,15,17-18,20H,10-11,14,16,29H2,1-9H3/t18-,20-/m0/s1. The molecule has 0 radical (unpaired) electrons. The lowest BCUT2D eigenvalue weighted by molar-refractivity contribution is -0.152. The molecule has 1 rings (SSSR count). The van der Waals surface area contributed by atoms with Gasteiger partial charge in [-0.05, 0) is 85.4 Å². The molecule has 0 aliphatic heterocycles. The molecule has 2 N–H and O–H groups in total. The smallest absolute Gasteiger partial charge is 0.458 e. The molecule has 0 saturated heterocycles. The molecule has 0 aromatic heterocycles. The highest BCUT2D eigenvalue weighted by Crippen LogP contribution is 2.31. The van der Waals surface area contributed by atoms with Gasteiger partial charge < -0.3 is 38.9 Å². The third kappa shape index (κ3) is 13.0. The first-order valence-electron chi connectivity index (χ1n) is 13.2. The van der Waals surface area contributed by atoms with Crippen molar-refractivity contribution in [3.05, 3.63) is 23.8 Å². The highest BCUT2D eigenvalue weighted by molar-refractivity contribution is 5.76. The number of carbonyl (C=O) groups is 4. The SMILES string of the molecule is CCC(C)(C)OC(=O)Oc1ccc(C[C@H](N)C(=O)O[C@@H](C)COC(=O)OC(C)C)cc1OC(=O)OC(C)(C)CC. The van der Waals surface area contributed by atoms with Crippen LogP contribution in [-0.4, -0.2) is 60.5 Å². The summed E-state index contributed by atoms with van der Waals surface area (Å²) in [4.78, 5) is 48.8. The molecule has 0 amide bonds. The second kappa shape index (κ2) is 15.3. The van der Waals surface area contributed by atoms with Gasteiger partial charge in [0.25, 0.3) is 0 Å². The Hall–Kier alpha value is -3.54. The molecule has 0 heterocycles. The van der Waals surface area contributed by atoms with Gasteiger partial charge >= 0.3 is 24.4 Å². The van der Waals surface area contributed by atoms with E-state index in [1.807, 2.05) is 13.8 Å². The fourth-order valence-electron chi connectivity index (χ4n) is 2.73. The summed E-state index contributed by atoms with van der Waals surface area (Å²) in [5.41, 5.74) is 4.94. The van der Waals surface area contributed by atoms with Crippen LogP contribution in [0.5, 0.6) is 11.5 Å². The summed E-state index contributed by atoms with van der Waals surface area (Å²) in [7, 11) is 0. The third-order valence-corrected chi connectivity index (χ3v) is 5.66. The molecule has 0 fully saturated rings. The summed E-state index contributed by atoms with van der Waals surface area (Å²) < 4.78 is 36.3. The number of ether oxygens (including phenoxy) is 7. The minimum absolute atomic E-state index is 0.0126. The Balaban J connectivity index is 2.99. The molecule has 1 aromatic carbocycles. The van der Waals surface area contributed by atoms with E-state index in [-0.39, 0.29) is 30.6 Å². The Morgan fingerprint density at radius 2 is 1.32 bits per heavy atom. The van der Waals surface area contributed by atoms with E-state index >= 15 is 0 Å². The van der Waals surface area contributed by atoms with Gasteiger partial charge in [0.2, 0.25) is 0 Å².